The Morgan fingerprint density at radius 2 is 1.70 bits per heavy atom. The molecule has 0 saturated heterocycles. The zero-order chi connectivity index (χ0) is 21.5. The molecule has 0 amide bonds. The van der Waals surface area contributed by atoms with Crippen molar-refractivity contribution in [2.75, 3.05) is 26.6 Å². The van der Waals surface area contributed by atoms with Crippen LogP contribution in [0.2, 0.25) is 0 Å². The Balaban J connectivity index is 1.84. The van der Waals surface area contributed by atoms with Gasteiger partial charge in [-0.2, -0.15) is 10.2 Å². The maximum atomic E-state index is 9.41. The second kappa shape index (κ2) is 9.52. The number of oxazole rings is 1. The lowest BCUT2D eigenvalue weighted by molar-refractivity contribution is 0.324. The number of nitrogens with one attached hydrogen (secondary N) is 1. The smallest absolute Gasteiger partial charge is 0.233 e. The molecule has 3 rings (SSSR count). The summed E-state index contributed by atoms with van der Waals surface area (Å²) >= 11 is 0. The fourth-order valence-electron chi connectivity index (χ4n) is 2.97. The van der Waals surface area contributed by atoms with E-state index in [1.54, 1.807) is 33.5 Å². The van der Waals surface area contributed by atoms with Gasteiger partial charge in [0, 0.05) is 6.08 Å². The number of rotatable bonds is 8. The van der Waals surface area contributed by atoms with Crippen LogP contribution in [0.15, 0.2) is 46.9 Å². The normalized spacial score (nSPS) is 11.7. The molecule has 154 valence electrons. The van der Waals surface area contributed by atoms with E-state index in [2.05, 4.69) is 16.4 Å². The molecule has 7 nitrogen and oxygen atoms in total. The molecule has 1 aromatic heterocycles. The molecular formula is C23H23N3O4. The van der Waals surface area contributed by atoms with E-state index in [-0.39, 0.29) is 11.7 Å². The molecule has 7 heteroatoms. The maximum absolute atomic E-state index is 9.41. The van der Waals surface area contributed by atoms with Gasteiger partial charge in [-0.25, -0.2) is 0 Å². The van der Waals surface area contributed by atoms with E-state index >= 15 is 0 Å². The number of nitriles is 1. The van der Waals surface area contributed by atoms with Crippen molar-refractivity contribution in [1.82, 2.24) is 4.98 Å². The van der Waals surface area contributed by atoms with Crippen LogP contribution in [0.5, 0.6) is 17.2 Å². The van der Waals surface area contributed by atoms with E-state index in [1.165, 1.54) is 0 Å². The number of nitrogens with zero attached hydrogens (tertiary/aromatic N) is 2. The van der Waals surface area contributed by atoms with Gasteiger partial charge in [0.25, 0.3) is 0 Å². The second-order valence-corrected chi connectivity index (χ2v) is 6.41. The van der Waals surface area contributed by atoms with Crippen molar-refractivity contribution in [3.8, 4) is 23.3 Å². The lowest BCUT2D eigenvalue weighted by Gasteiger charge is -2.13. The minimum Gasteiger partial charge on any atom is -0.493 e. The largest absolute Gasteiger partial charge is 0.493 e. The molecular weight excluding hydrogens is 382 g/mol. The van der Waals surface area contributed by atoms with Crippen LogP contribution in [0.3, 0.4) is 0 Å². The number of aromatic nitrogens is 1. The molecule has 2 aromatic carbocycles. The number of anilines is 1. The predicted octanol–water partition coefficient (Wildman–Crippen LogP) is 4.92. The molecule has 0 radical (unpaired) electrons. The van der Waals surface area contributed by atoms with Crippen LogP contribution in [-0.2, 0) is 0 Å². The molecule has 0 saturated carbocycles. The Morgan fingerprint density at radius 3 is 2.27 bits per heavy atom. The van der Waals surface area contributed by atoms with Gasteiger partial charge in [-0.3, -0.25) is 0 Å². The molecule has 0 unspecified atom stereocenters. The minimum absolute atomic E-state index is 0.0433. The van der Waals surface area contributed by atoms with E-state index in [1.807, 2.05) is 49.4 Å². The molecule has 0 fully saturated rings. The first-order chi connectivity index (χ1) is 14.6. The average Bonchev–Trinajstić information content (AvgIpc) is 3.18. The van der Waals surface area contributed by atoms with Crippen molar-refractivity contribution in [2.24, 2.45) is 0 Å². The van der Waals surface area contributed by atoms with Gasteiger partial charge in [0.1, 0.15) is 6.07 Å². The number of hydrogen-bond acceptors (Lipinski definition) is 7. The number of hydrogen-bond donors (Lipinski definition) is 1. The van der Waals surface area contributed by atoms with Crippen LogP contribution in [-0.4, -0.2) is 26.3 Å². The summed E-state index contributed by atoms with van der Waals surface area (Å²) in [6, 6.07) is 15.5. The van der Waals surface area contributed by atoms with Gasteiger partial charge in [-0.15, -0.1) is 0 Å². The second-order valence-electron chi connectivity index (χ2n) is 6.41. The van der Waals surface area contributed by atoms with E-state index < -0.39 is 0 Å². The lowest BCUT2D eigenvalue weighted by Crippen LogP contribution is -2.06. The van der Waals surface area contributed by atoms with Gasteiger partial charge < -0.3 is 23.9 Å². The lowest BCUT2D eigenvalue weighted by atomic mass is 10.1. The van der Waals surface area contributed by atoms with Crippen LogP contribution in [0.4, 0.5) is 5.88 Å². The van der Waals surface area contributed by atoms with Crippen molar-refractivity contribution in [1.29, 1.82) is 5.26 Å². The summed E-state index contributed by atoms with van der Waals surface area (Å²) in [5, 5.41) is 12.6. The van der Waals surface area contributed by atoms with Gasteiger partial charge in [0.2, 0.25) is 23.2 Å². The van der Waals surface area contributed by atoms with Crippen LogP contribution in [0.25, 0.3) is 12.2 Å². The summed E-state index contributed by atoms with van der Waals surface area (Å²) in [6.45, 7) is 1.99. The first-order valence-electron chi connectivity index (χ1n) is 9.30. The summed E-state index contributed by atoms with van der Waals surface area (Å²) in [6.07, 6.45) is 3.47. The molecule has 0 spiro atoms. The third-order valence-electron chi connectivity index (χ3n) is 4.50. The standard InChI is InChI=1S/C23H23N3O4/c1-15(17-8-6-5-7-9-17)25-23-18(14-24)26-21(30-23)11-10-16-12-19(27-2)22(29-4)20(13-16)28-3/h5-13,15,25H,1-4H3/b11-10+/t15-/m0/s1. The number of ether oxygens (including phenoxy) is 3. The average molecular weight is 405 g/mol. The zero-order valence-corrected chi connectivity index (χ0v) is 17.3. The monoisotopic (exact) mass is 405 g/mol. The summed E-state index contributed by atoms with van der Waals surface area (Å²) in [5.74, 6) is 2.24. The van der Waals surface area contributed by atoms with E-state index in [4.69, 9.17) is 18.6 Å². The van der Waals surface area contributed by atoms with E-state index in [0.29, 0.717) is 29.0 Å². The van der Waals surface area contributed by atoms with Crippen molar-refractivity contribution in [3.05, 3.63) is 65.2 Å². The van der Waals surface area contributed by atoms with Crippen LogP contribution >= 0.6 is 0 Å². The van der Waals surface area contributed by atoms with E-state index in [0.717, 1.165) is 11.1 Å². The summed E-state index contributed by atoms with van der Waals surface area (Å²) in [4.78, 5) is 4.25. The Hall–Kier alpha value is -3.92. The SMILES string of the molecule is COc1cc(/C=C/c2nc(C#N)c(N[C@@H](C)c3ccccc3)o2)cc(OC)c1OC. The summed E-state index contributed by atoms with van der Waals surface area (Å²) in [7, 11) is 4.67. The van der Waals surface area contributed by atoms with Gasteiger partial charge in [-0.1, -0.05) is 30.3 Å². The third-order valence-corrected chi connectivity index (χ3v) is 4.50. The number of methoxy groups -OCH3 is 3. The quantitative estimate of drug-likeness (QED) is 0.569. The molecule has 0 aliphatic carbocycles. The fraction of sp³-hybridized carbons (Fsp3) is 0.217. The van der Waals surface area contributed by atoms with Crippen LogP contribution in [0.1, 0.15) is 35.7 Å². The number of benzene rings is 2. The zero-order valence-electron chi connectivity index (χ0n) is 17.3. The topological polar surface area (TPSA) is 89.5 Å². The van der Waals surface area contributed by atoms with Gasteiger partial charge in [0.05, 0.1) is 27.4 Å². The molecule has 1 N–H and O–H groups in total. The Kier molecular flexibility index (Phi) is 6.60. The van der Waals surface area contributed by atoms with Gasteiger partial charge in [0.15, 0.2) is 11.5 Å². The van der Waals surface area contributed by atoms with E-state index in [9.17, 15) is 5.26 Å². The van der Waals surface area contributed by atoms with Crippen molar-refractivity contribution in [2.45, 2.75) is 13.0 Å². The maximum Gasteiger partial charge on any atom is 0.233 e. The first-order valence-corrected chi connectivity index (χ1v) is 9.30. The highest BCUT2D eigenvalue weighted by molar-refractivity contribution is 5.71. The van der Waals surface area contributed by atoms with Crippen LogP contribution < -0.4 is 19.5 Å². The Labute approximate surface area is 175 Å². The Bertz CT molecular complexity index is 1040. The summed E-state index contributed by atoms with van der Waals surface area (Å²) in [5.41, 5.74) is 2.07. The molecule has 3 aromatic rings. The molecule has 0 bridgehead atoms. The minimum atomic E-state index is -0.0433. The molecule has 1 atom stereocenters. The highest BCUT2D eigenvalue weighted by Crippen LogP contribution is 2.38. The van der Waals surface area contributed by atoms with Gasteiger partial charge in [-0.05, 0) is 36.3 Å². The van der Waals surface area contributed by atoms with Crippen LogP contribution in [0, 0.1) is 11.3 Å². The molecule has 30 heavy (non-hydrogen) atoms. The fourth-order valence-corrected chi connectivity index (χ4v) is 2.97. The van der Waals surface area contributed by atoms with Crippen molar-refractivity contribution < 1.29 is 18.6 Å². The molecule has 1 heterocycles. The van der Waals surface area contributed by atoms with Gasteiger partial charge >= 0.3 is 0 Å². The van der Waals surface area contributed by atoms with Crippen molar-refractivity contribution in [3.63, 3.8) is 0 Å². The first kappa shape index (κ1) is 20.8. The van der Waals surface area contributed by atoms with Crippen molar-refractivity contribution >= 4 is 18.0 Å². The molecule has 0 aliphatic heterocycles. The summed E-state index contributed by atoms with van der Waals surface area (Å²) < 4.78 is 21.8. The predicted molar refractivity (Wildman–Crippen MR) is 115 cm³/mol. The Morgan fingerprint density at radius 1 is 1.03 bits per heavy atom. The highest BCUT2D eigenvalue weighted by Gasteiger charge is 2.15. The molecule has 0 aliphatic rings. The third kappa shape index (κ3) is 4.55. The highest BCUT2D eigenvalue weighted by atomic mass is 16.5.